The summed E-state index contributed by atoms with van der Waals surface area (Å²) in [6.45, 7) is 0.552. The average molecular weight is 302 g/mol. The number of para-hydroxylation sites is 1. The number of rotatable bonds is 3. The van der Waals surface area contributed by atoms with Crippen molar-refractivity contribution in [1.82, 2.24) is 4.98 Å². The minimum absolute atomic E-state index is 0.552. The van der Waals surface area contributed by atoms with Crippen LogP contribution in [0.1, 0.15) is 5.69 Å². The number of aromatic amines is 1. The first-order chi connectivity index (χ1) is 8.81. The SMILES string of the molecule is Brc1ccc2cc(COc3ccccc3)[nH]c2c1. The summed E-state index contributed by atoms with van der Waals surface area (Å²) < 4.78 is 6.79. The molecule has 0 atom stereocenters. The molecule has 2 aromatic carbocycles. The van der Waals surface area contributed by atoms with Crippen molar-refractivity contribution in [2.45, 2.75) is 6.61 Å². The van der Waals surface area contributed by atoms with Gasteiger partial charge in [-0.2, -0.15) is 0 Å². The van der Waals surface area contributed by atoms with E-state index in [1.165, 1.54) is 5.39 Å². The summed E-state index contributed by atoms with van der Waals surface area (Å²) in [5.74, 6) is 0.886. The molecule has 0 unspecified atom stereocenters. The third-order valence-electron chi connectivity index (χ3n) is 2.78. The fourth-order valence-electron chi connectivity index (χ4n) is 1.91. The molecule has 1 N–H and O–H groups in total. The Labute approximate surface area is 114 Å². The summed E-state index contributed by atoms with van der Waals surface area (Å²) in [5, 5.41) is 1.20. The molecule has 0 fully saturated rings. The summed E-state index contributed by atoms with van der Waals surface area (Å²) in [7, 11) is 0. The van der Waals surface area contributed by atoms with Gasteiger partial charge in [0.1, 0.15) is 12.4 Å². The van der Waals surface area contributed by atoms with Crippen LogP contribution in [-0.2, 0) is 6.61 Å². The monoisotopic (exact) mass is 301 g/mol. The molecule has 18 heavy (non-hydrogen) atoms. The van der Waals surface area contributed by atoms with Crippen molar-refractivity contribution in [2.24, 2.45) is 0 Å². The topological polar surface area (TPSA) is 25.0 Å². The Kier molecular flexibility index (Phi) is 3.07. The molecule has 2 nitrogen and oxygen atoms in total. The van der Waals surface area contributed by atoms with Gasteiger partial charge in [-0.15, -0.1) is 0 Å². The molecule has 0 radical (unpaired) electrons. The number of nitrogens with one attached hydrogen (secondary N) is 1. The van der Waals surface area contributed by atoms with Crippen molar-refractivity contribution in [3.8, 4) is 5.75 Å². The van der Waals surface area contributed by atoms with Gasteiger partial charge in [-0.1, -0.05) is 40.2 Å². The molecule has 0 aliphatic carbocycles. The molecule has 3 aromatic rings. The maximum Gasteiger partial charge on any atom is 0.128 e. The van der Waals surface area contributed by atoms with Crippen molar-refractivity contribution >= 4 is 26.8 Å². The van der Waals surface area contributed by atoms with Crippen LogP contribution in [0.25, 0.3) is 10.9 Å². The highest BCUT2D eigenvalue weighted by Crippen LogP contribution is 2.21. The van der Waals surface area contributed by atoms with Crippen LogP contribution in [0.4, 0.5) is 0 Å². The van der Waals surface area contributed by atoms with Gasteiger partial charge in [0.15, 0.2) is 0 Å². The van der Waals surface area contributed by atoms with Gasteiger partial charge in [0.05, 0.1) is 5.69 Å². The second-order valence-electron chi connectivity index (χ2n) is 4.13. The Balaban J connectivity index is 1.79. The molecule has 3 heteroatoms. The molecule has 0 saturated carbocycles. The van der Waals surface area contributed by atoms with Gasteiger partial charge in [-0.05, 0) is 35.7 Å². The van der Waals surface area contributed by atoms with Gasteiger partial charge in [-0.3, -0.25) is 0 Å². The molecule has 0 amide bonds. The molecule has 0 aliphatic heterocycles. The minimum Gasteiger partial charge on any atom is -0.487 e. The summed E-state index contributed by atoms with van der Waals surface area (Å²) in [6.07, 6.45) is 0. The third kappa shape index (κ3) is 2.41. The zero-order valence-corrected chi connectivity index (χ0v) is 11.3. The van der Waals surface area contributed by atoms with Gasteiger partial charge in [0.25, 0.3) is 0 Å². The van der Waals surface area contributed by atoms with E-state index in [0.29, 0.717) is 6.61 Å². The number of hydrogen-bond donors (Lipinski definition) is 1. The number of benzene rings is 2. The van der Waals surface area contributed by atoms with Crippen LogP contribution >= 0.6 is 15.9 Å². The highest BCUT2D eigenvalue weighted by atomic mass is 79.9. The molecule has 0 bridgehead atoms. The van der Waals surface area contributed by atoms with Crippen LogP contribution in [0.3, 0.4) is 0 Å². The number of H-pyrrole nitrogens is 1. The highest BCUT2D eigenvalue weighted by molar-refractivity contribution is 9.10. The molecule has 90 valence electrons. The van der Waals surface area contributed by atoms with Crippen molar-refractivity contribution in [1.29, 1.82) is 0 Å². The lowest BCUT2D eigenvalue weighted by Gasteiger charge is -2.03. The van der Waals surface area contributed by atoms with E-state index in [2.05, 4.69) is 39.1 Å². The van der Waals surface area contributed by atoms with E-state index >= 15 is 0 Å². The standard InChI is InChI=1S/C15H12BrNO/c16-12-7-6-11-8-13(17-15(11)9-12)10-18-14-4-2-1-3-5-14/h1-9,17H,10H2. The van der Waals surface area contributed by atoms with Gasteiger partial charge < -0.3 is 9.72 Å². The molecular formula is C15H12BrNO. The highest BCUT2D eigenvalue weighted by Gasteiger charge is 2.02. The molecule has 1 aromatic heterocycles. The van der Waals surface area contributed by atoms with Crippen LogP contribution in [0, 0.1) is 0 Å². The zero-order valence-electron chi connectivity index (χ0n) is 9.69. The van der Waals surface area contributed by atoms with Crippen molar-refractivity contribution < 1.29 is 4.74 Å². The predicted octanol–water partition coefficient (Wildman–Crippen LogP) is 4.51. The Morgan fingerprint density at radius 3 is 2.67 bits per heavy atom. The number of halogens is 1. The number of fused-ring (bicyclic) bond motifs is 1. The Morgan fingerprint density at radius 1 is 1.00 bits per heavy atom. The molecule has 3 rings (SSSR count). The van der Waals surface area contributed by atoms with Crippen molar-refractivity contribution in [3.05, 3.63) is 64.8 Å². The Bertz CT molecular complexity index is 661. The fourth-order valence-corrected chi connectivity index (χ4v) is 2.28. The normalized spacial score (nSPS) is 10.7. The van der Waals surface area contributed by atoms with Crippen molar-refractivity contribution in [2.75, 3.05) is 0 Å². The molecule has 0 saturated heterocycles. The quantitative estimate of drug-likeness (QED) is 0.756. The van der Waals surface area contributed by atoms with E-state index in [-0.39, 0.29) is 0 Å². The van der Waals surface area contributed by atoms with E-state index < -0.39 is 0 Å². The maximum atomic E-state index is 5.71. The van der Waals surface area contributed by atoms with E-state index in [0.717, 1.165) is 21.4 Å². The minimum atomic E-state index is 0.552. The first-order valence-corrected chi connectivity index (χ1v) is 6.55. The summed E-state index contributed by atoms with van der Waals surface area (Å²) in [5.41, 5.74) is 2.20. The van der Waals surface area contributed by atoms with E-state index in [1.807, 2.05) is 36.4 Å². The smallest absolute Gasteiger partial charge is 0.128 e. The predicted molar refractivity (Wildman–Crippen MR) is 76.8 cm³/mol. The first kappa shape index (κ1) is 11.4. The summed E-state index contributed by atoms with van der Waals surface area (Å²) >= 11 is 3.47. The lowest BCUT2D eigenvalue weighted by atomic mass is 10.2. The van der Waals surface area contributed by atoms with E-state index in [1.54, 1.807) is 0 Å². The van der Waals surface area contributed by atoms with Crippen molar-refractivity contribution in [3.63, 3.8) is 0 Å². The Hall–Kier alpha value is -1.74. The van der Waals surface area contributed by atoms with Gasteiger partial charge in [0.2, 0.25) is 0 Å². The van der Waals surface area contributed by atoms with E-state index in [9.17, 15) is 0 Å². The molecule has 1 heterocycles. The number of ether oxygens (including phenoxy) is 1. The lowest BCUT2D eigenvalue weighted by Crippen LogP contribution is -1.94. The van der Waals surface area contributed by atoms with E-state index in [4.69, 9.17) is 4.74 Å². The van der Waals surface area contributed by atoms with Gasteiger partial charge in [0, 0.05) is 9.99 Å². The second kappa shape index (κ2) is 4.86. The number of aromatic nitrogens is 1. The van der Waals surface area contributed by atoms with Crippen LogP contribution in [0.15, 0.2) is 59.1 Å². The molecule has 0 aliphatic rings. The van der Waals surface area contributed by atoms with Crippen LogP contribution in [0.5, 0.6) is 5.75 Å². The largest absolute Gasteiger partial charge is 0.487 e. The molecule has 0 spiro atoms. The fraction of sp³-hybridized carbons (Fsp3) is 0.0667. The third-order valence-corrected chi connectivity index (χ3v) is 3.27. The van der Waals surface area contributed by atoms with Crippen LogP contribution in [-0.4, -0.2) is 4.98 Å². The van der Waals surface area contributed by atoms with Gasteiger partial charge in [-0.25, -0.2) is 0 Å². The van der Waals surface area contributed by atoms with Crippen LogP contribution in [0.2, 0.25) is 0 Å². The maximum absolute atomic E-state index is 5.71. The Morgan fingerprint density at radius 2 is 1.83 bits per heavy atom. The van der Waals surface area contributed by atoms with Gasteiger partial charge >= 0.3 is 0 Å². The van der Waals surface area contributed by atoms with Crippen LogP contribution < -0.4 is 4.74 Å². The zero-order chi connectivity index (χ0) is 12.4. The average Bonchev–Trinajstić information content (AvgIpc) is 2.79. The first-order valence-electron chi connectivity index (χ1n) is 5.76. The molecular weight excluding hydrogens is 290 g/mol. The summed E-state index contributed by atoms with van der Waals surface area (Å²) in [6, 6.07) is 18.1. The number of hydrogen-bond acceptors (Lipinski definition) is 1. The summed E-state index contributed by atoms with van der Waals surface area (Å²) in [4.78, 5) is 3.35. The second-order valence-corrected chi connectivity index (χ2v) is 5.04. The lowest BCUT2D eigenvalue weighted by molar-refractivity contribution is 0.302.